The Balaban J connectivity index is 1.93. The SMILES string of the molecule is CCC1CCC(O)(CNc2nc(Cl)nc(OC)n2)CC1. The standard InChI is InChI=1S/C13H21ClN4O2/c1-3-9-4-6-13(19,7-5-9)8-15-11-16-10(14)17-12(18-11)20-2/h9,19H,3-8H2,1-2H3,(H,15,16,17,18). The second-order valence-corrected chi connectivity index (χ2v) is 5.68. The van der Waals surface area contributed by atoms with Gasteiger partial charge in [0.2, 0.25) is 11.2 Å². The maximum absolute atomic E-state index is 10.5. The van der Waals surface area contributed by atoms with Crippen molar-refractivity contribution in [3.8, 4) is 6.01 Å². The Morgan fingerprint density at radius 3 is 2.65 bits per heavy atom. The van der Waals surface area contributed by atoms with Crippen molar-refractivity contribution in [1.82, 2.24) is 15.0 Å². The molecule has 6 nitrogen and oxygen atoms in total. The Hall–Kier alpha value is -1.14. The molecule has 20 heavy (non-hydrogen) atoms. The van der Waals surface area contributed by atoms with Gasteiger partial charge in [-0.1, -0.05) is 13.3 Å². The second kappa shape index (κ2) is 6.54. The molecule has 1 aromatic rings. The summed E-state index contributed by atoms with van der Waals surface area (Å²) < 4.78 is 4.93. The van der Waals surface area contributed by atoms with E-state index in [9.17, 15) is 5.11 Å². The third kappa shape index (κ3) is 3.93. The third-order valence-corrected chi connectivity index (χ3v) is 4.13. The van der Waals surface area contributed by atoms with Crippen LogP contribution in [-0.2, 0) is 0 Å². The van der Waals surface area contributed by atoms with Gasteiger partial charge in [-0.25, -0.2) is 0 Å². The van der Waals surface area contributed by atoms with Crippen LogP contribution in [0.2, 0.25) is 5.28 Å². The van der Waals surface area contributed by atoms with Crippen LogP contribution in [0.25, 0.3) is 0 Å². The van der Waals surface area contributed by atoms with Crippen molar-refractivity contribution in [2.75, 3.05) is 19.0 Å². The van der Waals surface area contributed by atoms with E-state index >= 15 is 0 Å². The highest BCUT2D eigenvalue weighted by Crippen LogP contribution is 2.33. The van der Waals surface area contributed by atoms with Crippen LogP contribution in [-0.4, -0.2) is 39.3 Å². The van der Waals surface area contributed by atoms with Gasteiger partial charge in [0.05, 0.1) is 12.7 Å². The molecule has 1 saturated carbocycles. The highest BCUT2D eigenvalue weighted by atomic mass is 35.5. The van der Waals surface area contributed by atoms with Crippen LogP contribution in [0.5, 0.6) is 6.01 Å². The smallest absolute Gasteiger partial charge is 0.322 e. The molecule has 1 heterocycles. The van der Waals surface area contributed by atoms with Gasteiger partial charge < -0.3 is 15.2 Å². The normalized spacial score (nSPS) is 26.3. The maximum Gasteiger partial charge on any atom is 0.322 e. The highest BCUT2D eigenvalue weighted by molar-refractivity contribution is 6.28. The summed E-state index contributed by atoms with van der Waals surface area (Å²) >= 11 is 5.78. The van der Waals surface area contributed by atoms with Gasteiger partial charge in [0.1, 0.15) is 0 Å². The number of aliphatic hydroxyl groups is 1. The predicted molar refractivity (Wildman–Crippen MR) is 77.1 cm³/mol. The van der Waals surface area contributed by atoms with Crippen LogP contribution in [0, 0.1) is 5.92 Å². The third-order valence-electron chi connectivity index (χ3n) is 3.96. The van der Waals surface area contributed by atoms with Gasteiger partial charge in [0, 0.05) is 6.54 Å². The zero-order valence-electron chi connectivity index (χ0n) is 11.9. The molecule has 2 N–H and O–H groups in total. The van der Waals surface area contributed by atoms with Crippen molar-refractivity contribution >= 4 is 17.5 Å². The van der Waals surface area contributed by atoms with Crippen LogP contribution in [0.4, 0.5) is 5.95 Å². The molecule has 2 rings (SSSR count). The summed E-state index contributed by atoms with van der Waals surface area (Å²) in [5.41, 5.74) is -0.696. The van der Waals surface area contributed by atoms with Crippen LogP contribution in [0.3, 0.4) is 0 Å². The van der Waals surface area contributed by atoms with Crippen LogP contribution >= 0.6 is 11.6 Å². The van der Waals surface area contributed by atoms with E-state index in [-0.39, 0.29) is 11.3 Å². The first-order chi connectivity index (χ1) is 9.54. The summed E-state index contributed by atoms with van der Waals surface area (Å²) in [7, 11) is 1.47. The molecule has 0 radical (unpaired) electrons. The minimum absolute atomic E-state index is 0.0704. The number of ether oxygens (including phenoxy) is 1. The molecule has 0 saturated heterocycles. The van der Waals surface area contributed by atoms with E-state index in [1.165, 1.54) is 13.5 Å². The Labute approximate surface area is 123 Å². The zero-order valence-corrected chi connectivity index (χ0v) is 12.7. The molecular formula is C13H21ClN4O2. The van der Waals surface area contributed by atoms with E-state index < -0.39 is 5.60 Å². The number of aromatic nitrogens is 3. The van der Waals surface area contributed by atoms with Gasteiger partial charge in [0.15, 0.2) is 0 Å². The lowest BCUT2D eigenvalue weighted by molar-refractivity contribution is 0.00214. The molecule has 0 bridgehead atoms. The lowest BCUT2D eigenvalue weighted by atomic mass is 9.78. The molecule has 1 fully saturated rings. The maximum atomic E-state index is 10.5. The number of anilines is 1. The molecule has 112 valence electrons. The van der Waals surface area contributed by atoms with Crippen molar-refractivity contribution in [2.45, 2.75) is 44.6 Å². The summed E-state index contributed by atoms with van der Waals surface area (Å²) in [6.07, 6.45) is 4.92. The Kier molecular flexibility index (Phi) is 4.99. The lowest BCUT2D eigenvalue weighted by Crippen LogP contribution is -2.40. The van der Waals surface area contributed by atoms with E-state index in [1.54, 1.807) is 0 Å². The van der Waals surface area contributed by atoms with Gasteiger partial charge in [-0.15, -0.1) is 0 Å². The number of hydrogen-bond acceptors (Lipinski definition) is 6. The fourth-order valence-electron chi connectivity index (χ4n) is 2.55. The Bertz CT molecular complexity index is 450. The van der Waals surface area contributed by atoms with Crippen LogP contribution in [0.15, 0.2) is 0 Å². The first-order valence-electron chi connectivity index (χ1n) is 6.96. The minimum Gasteiger partial charge on any atom is -0.467 e. The van der Waals surface area contributed by atoms with E-state index in [0.717, 1.165) is 31.6 Å². The fraction of sp³-hybridized carbons (Fsp3) is 0.769. The first-order valence-corrected chi connectivity index (χ1v) is 7.34. The van der Waals surface area contributed by atoms with Gasteiger partial charge in [0.25, 0.3) is 0 Å². The Morgan fingerprint density at radius 1 is 1.35 bits per heavy atom. The number of hydrogen-bond donors (Lipinski definition) is 2. The van der Waals surface area contributed by atoms with E-state index in [2.05, 4.69) is 27.2 Å². The number of nitrogens with one attached hydrogen (secondary N) is 1. The average Bonchev–Trinajstić information content (AvgIpc) is 2.45. The van der Waals surface area contributed by atoms with Crippen molar-refractivity contribution in [3.05, 3.63) is 5.28 Å². The van der Waals surface area contributed by atoms with Crippen molar-refractivity contribution in [3.63, 3.8) is 0 Å². The highest BCUT2D eigenvalue weighted by Gasteiger charge is 2.32. The van der Waals surface area contributed by atoms with Crippen LogP contribution in [0.1, 0.15) is 39.0 Å². The van der Waals surface area contributed by atoms with Gasteiger partial charge in [-0.2, -0.15) is 15.0 Å². The number of methoxy groups -OCH3 is 1. The molecule has 0 unspecified atom stereocenters. The van der Waals surface area contributed by atoms with Gasteiger partial charge in [-0.3, -0.25) is 0 Å². The topological polar surface area (TPSA) is 80.2 Å². The molecule has 1 aliphatic carbocycles. The average molecular weight is 301 g/mol. The van der Waals surface area contributed by atoms with Gasteiger partial charge >= 0.3 is 6.01 Å². The molecule has 7 heteroatoms. The molecule has 0 spiro atoms. The molecule has 1 aromatic heterocycles. The fourth-order valence-corrected chi connectivity index (χ4v) is 2.70. The molecule has 0 amide bonds. The lowest BCUT2D eigenvalue weighted by Gasteiger charge is -2.35. The number of rotatable bonds is 5. The predicted octanol–water partition coefficient (Wildman–Crippen LogP) is 2.28. The molecule has 0 atom stereocenters. The largest absolute Gasteiger partial charge is 0.467 e. The molecule has 0 aromatic carbocycles. The quantitative estimate of drug-likeness (QED) is 0.868. The van der Waals surface area contributed by atoms with E-state index in [0.29, 0.717) is 12.5 Å². The number of nitrogens with zero attached hydrogens (tertiary/aromatic N) is 3. The molecule has 0 aliphatic heterocycles. The van der Waals surface area contributed by atoms with Crippen molar-refractivity contribution in [1.29, 1.82) is 0 Å². The summed E-state index contributed by atoms with van der Waals surface area (Å²) in [6.45, 7) is 2.61. The summed E-state index contributed by atoms with van der Waals surface area (Å²) in [5.74, 6) is 1.06. The van der Waals surface area contributed by atoms with E-state index in [4.69, 9.17) is 16.3 Å². The van der Waals surface area contributed by atoms with Crippen LogP contribution < -0.4 is 10.1 Å². The minimum atomic E-state index is -0.696. The Morgan fingerprint density at radius 2 is 2.05 bits per heavy atom. The second-order valence-electron chi connectivity index (χ2n) is 5.34. The summed E-state index contributed by atoms with van der Waals surface area (Å²) in [4.78, 5) is 11.8. The molecular weight excluding hydrogens is 280 g/mol. The van der Waals surface area contributed by atoms with Crippen molar-refractivity contribution < 1.29 is 9.84 Å². The van der Waals surface area contributed by atoms with Gasteiger partial charge in [-0.05, 0) is 43.2 Å². The zero-order chi connectivity index (χ0) is 14.6. The number of halogens is 1. The summed E-state index contributed by atoms with van der Waals surface area (Å²) in [6, 6.07) is 0.161. The summed E-state index contributed by atoms with van der Waals surface area (Å²) in [5, 5.41) is 13.6. The molecule has 1 aliphatic rings. The van der Waals surface area contributed by atoms with Crippen molar-refractivity contribution in [2.24, 2.45) is 5.92 Å². The monoisotopic (exact) mass is 300 g/mol. The van der Waals surface area contributed by atoms with E-state index in [1.807, 2.05) is 0 Å². The first kappa shape index (κ1) is 15.3.